The van der Waals surface area contributed by atoms with E-state index in [-0.39, 0.29) is 0 Å². The Balaban J connectivity index is 1.49. The molecule has 1 aliphatic heterocycles. The maximum Gasteiger partial charge on any atom is 0.276 e. The van der Waals surface area contributed by atoms with Gasteiger partial charge in [0.15, 0.2) is 0 Å². The summed E-state index contributed by atoms with van der Waals surface area (Å²) in [6, 6.07) is 10.3. The first-order valence-electron chi connectivity index (χ1n) is 7.30. The topological polar surface area (TPSA) is 51.0 Å². The molecular weight excluding hydrogens is 282 g/mol. The smallest absolute Gasteiger partial charge is 0.276 e. The number of hydrogen-bond donors (Lipinski definition) is 1. The number of benzene rings is 1. The van der Waals surface area contributed by atoms with Crippen molar-refractivity contribution in [2.75, 3.05) is 18.8 Å². The van der Waals surface area contributed by atoms with Crippen LogP contribution in [0.1, 0.15) is 30.2 Å². The monoisotopic (exact) mass is 301 g/mol. The molecule has 3 rings (SSSR count). The van der Waals surface area contributed by atoms with E-state index in [0.29, 0.717) is 11.1 Å². The second-order valence-corrected chi connectivity index (χ2v) is 6.03. The molecule has 1 aliphatic rings. The average Bonchev–Trinajstić information content (AvgIpc) is 3.02. The van der Waals surface area contributed by atoms with Gasteiger partial charge in [0, 0.05) is 11.7 Å². The predicted molar refractivity (Wildman–Crippen MR) is 85.3 cm³/mol. The van der Waals surface area contributed by atoms with E-state index in [9.17, 15) is 0 Å². The fourth-order valence-corrected chi connectivity index (χ4v) is 2.96. The van der Waals surface area contributed by atoms with E-state index in [0.717, 1.165) is 37.6 Å². The van der Waals surface area contributed by atoms with Crippen molar-refractivity contribution >= 4 is 17.8 Å². The molecule has 110 valence electrons. The molecule has 0 bridgehead atoms. The highest BCUT2D eigenvalue weighted by Gasteiger charge is 2.20. The molecule has 0 aliphatic carbocycles. The average molecular weight is 301 g/mol. The minimum Gasteiger partial charge on any atom is -0.416 e. The molecule has 1 aromatic heterocycles. The van der Waals surface area contributed by atoms with Gasteiger partial charge in [-0.15, -0.1) is 10.2 Å². The van der Waals surface area contributed by atoms with E-state index in [1.54, 1.807) is 11.8 Å². The van der Waals surface area contributed by atoms with Crippen molar-refractivity contribution in [2.24, 2.45) is 0 Å². The van der Waals surface area contributed by atoms with Gasteiger partial charge in [-0.2, -0.15) is 0 Å². The van der Waals surface area contributed by atoms with E-state index >= 15 is 0 Å². The molecule has 1 fully saturated rings. The van der Waals surface area contributed by atoms with Crippen LogP contribution in [0.3, 0.4) is 0 Å². The first-order chi connectivity index (χ1) is 10.4. The molecule has 2 heterocycles. The zero-order valence-electron chi connectivity index (χ0n) is 11.9. The summed E-state index contributed by atoms with van der Waals surface area (Å²) in [5.41, 5.74) is 1.21. The Kier molecular flexibility index (Phi) is 5.08. The molecule has 0 spiro atoms. The van der Waals surface area contributed by atoms with Gasteiger partial charge in [-0.25, -0.2) is 0 Å². The van der Waals surface area contributed by atoms with Gasteiger partial charge in [0.2, 0.25) is 5.89 Å². The number of piperidine rings is 1. The molecule has 0 saturated carbocycles. The molecule has 4 nitrogen and oxygen atoms in total. The van der Waals surface area contributed by atoms with Crippen molar-refractivity contribution < 1.29 is 4.42 Å². The molecule has 21 heavy (non-hydrogen) atoms. The third-order valence-corrected chi connectivity index (χ3v) is 4.29. The molecule has 2 aromatic rings. The van der Waals surface area contributed by atoms with Crippen molar-refractivity contribution in [2.45, 2.75) is 24.0 Å². The summed E-state index contributed by atoms with van der Waals surface area (Å²) < 4.78 is 5.75. The Hall–Kier alpha value is -1.59. The zero-order valence-corrected chi connectivity index (χ0v) is 12.7. The molecule has 0 amide bonds. The molecule has 0 atom stereocenters. The van der Waals surface area contributed by atoms with Crippen molar-refractivity contribution in [3.63, 3.8) is 0 Å². The van der Waals surface area contributed by atoms with Crippen LogP contribution in [-0.2, 0) is 0 Å². The van der Waals surface area contributed by atoms with Crippen molar-refractivity contribution in [1.29, 1.82) is 0 Å². The van der Waals surface area contributed by atoms with Crippen LogP contribution in [0.4, 0.5) is 0 Å². The first kappa shape index (κ1) is 14.4. The lowest BCUT2D eigenvalue weighted by molar-refractivity contribution is 0.342. The molecule has 1 aromatic carbocycles. The van der Waals surface area contributed by atoms with Gasteiger partial charge in [0.1, 0.15) is 0 Å². The summed E-state index contributed by atoms with van der Waals surface area (Å²) in [4.78, 5) is 0. The lowest BCUT2D eigenvalue weighted by Gasteiger charge is -2.18. The summed E-state index contributed by atoms with van der Waals surface area (Å²) in [6.45, 7) is 2.07. The third-order valence-electron chi connectivity index (χ3n) is 3.52. The standard InChI is InChI=1S/C16H19N3OS/c1-2-5-13(6-3-1)7-4-12-21-16-19-18-15(20-16)14-8-10-17-11-9-14/h1-7,14,17H,8-12H2/b7-4+. The van der Waals surface area contributed by atoms with Crippen molar-refractivity contribution in [3.8, 4) is 0 Å². The Labute approximate surface area is 129 Å². The van der Waals surface area contributed by atoms with E-state index < -0.39 is 0 Å². The van der Waals surface area contributed by atoms with Crippen LogP contribution in [0.5, 0.6) is 0 Å². The number of hydrogen-bond acceptors (Lipinski definition) is 5. The van der Waals surface area contributed by atoms with Gasteiger partial charge >= 0.3 is 0 Å². The number of rotatable bonds is 5. The highest BCUT2D eigenvalue weighted by molar-refractivity contribution is 7.99. The maximum atomic E-state index is 5.75. The molecule has 1 N–H and O–H groups in total. The van der Waals surface area contributed by atoms with Crippen LogP contribution < -0.4 is 5.32 Å². The van der Waals surface area contributed by atoms with Gasteiger partial charge in [0.05, 0.1) is 0 Å². The Morgan fingerprint density at radius 2 is 2.00 bits per heavy atom. The second kappa shape index (κ2) is 7.43. The van der Waals surface area contributed by atoms with Gasteiger partial charge in [-0.1, -0.05) is 54.2 Å². The summed E-state index contributed by atoms with van der Waals surface area (Å²) in [6.07, 6.45) is 6.39. The predicted octanol–water partition coefficient (Wildman–Crippen LogP) is 3.34. The second-order valence-electron chi connectivity index (χ2n) is 5.05. The number of thioether (sulfide) groups is 1. The first-order valence-corrected chi connectivity index (χ1v) is 8.29. The van der Waals surface area contributed by atoms with Crippen molar-refractivity contribution in [1.82, 2.24) is 15.5 Å². The Bertz CT molecular complexity index is 576. The van der Waals surface area contributed by atoms with E-state index in [4.69, 9.17) is 4.42 Å². The Morgan fingerprint density at radius 3 is 2.81 bits per heavy atom. The SMILES string of the molecule is C(=C\c1ccccc1)/CSc1nnc(C2CCNCC2)o1. The highest BCUT2D eigenvalue weighted by Crippen LogP contribution is 2.26. The van der Waals surface area contributed by atoms with Crippen molar-refractivity contribution in [3.05, 3.63) is 47.9 Å². The lowest BCUT2D eigenvalue weighted by Crippen LogP contribution is -2.26. The van der Waals surface area contributed by atoms with E-state index in [1.807, 2.05) is 18.2 Å². The minimum atomic E-state index is 0.424. The number of aromatic nitrogens is 2. The fraction of sp³-hybridized carbons (Fsp3) is 0.375. The largest absolute Gasteiger partial charge is 0.416 e. The Morgan fingerprint density at radius 1 is 1.19 bits per heavy atom. The van der Waals surface area contributed by atoms with Gasteiger partial charge in [-0.3, -0.25) is 0 Å². The van der Waals surface area contributed by atoms with Crippen LogP contribution in [-0.4, -0.2) is 29.0 Å². The highest BCUT2D eigenvalue weighted by atomic mass is 32.2. The zero-order chi connectivity index (χ0) is 14.3. The van der Waals surface area contributed by atoms with Gasteiger partial charge < -0.3 is 9.73 Å². The summed E-state index contributed by atoms with van der Waals surface area (Å²) in [7, 11) is 0. The summed E-state index contributed by atoms with van der Waals surface area (Å²) >= 11 is 1.58. The number of nitrogens with zero attached hydrogens (tertiary/aromatic N) is 2. The van der Waals surface area contributed by atoms with Crippen LogP contribution in [0.15, 0.2) is 46.0 Å². The van der Waals surface area contributed by atoms with Gasteiger partial charge in [-0.05, 0) is 31.5 Å². The molecule has 0 radical (unpaired) electrons. The molecular formula is C16H19N3OS. The van der Waals surface area contributed by atoms with Crippen LogP contribution >= 0.6 is 11.8 Å². The van der Waals surface area contributed by atoms with E-state index in [2.05, 4.69) is 39.8 Å². The third kappa shape index (κ3) is 4.19. The molecule has 0 unspecified atom stereocenters. The molecule has 1 saturated heterocycles. The van der Waals surface area contributed by atoms with Crippen LogP contribution in [0.2, 0.25) is 0 Å². The number of nitrogens with one attached hydrogen (secondary N) is 1. The maximum absolute atomic E-state index is 5.75. The minimum absolute atomic E-state index is 0.424. The fourth-order valence-electron chi connectivity index (χ4n) is 2.38. The van der Waals surface area contributed by atoms with Gasteiger partial charge in [0.25, 0.3) is 5.22 Å². The molecule has 5 heteroatoms. The normalized spacial score (nSPS) is 16.6. The summed E-state index contributed by atoms with van der Waals surface area (Å²) in [5, 5.41) is 12.3. The van der Waals surface area contributed by atoms with Crippen LogP contribution in [0.25, 0.3) is 6.08 Å². The van der Waals surface area contributed by atoms with Crippen LogP contribution in [0, 0.1) is 0 Å². The summed E-state index contributed by atoms with van der Waals surface area (Å²) in [5.74, 6) is 2.06. The quantitative estimate of drug-likeness (QED) is 0.858. The lowest BCUT2D eigenvalue weighted by atomic mass is 9.98. The van der Waals surface area contributed by atoms with E-state index in [1.165, 1.54) is 5.56 Å².